The zero-order valence-corrected chi connectivity index (χ0v) is 11.8. The molecule has 0 bridgehead atoms. The third-order valence-electron chi connectivity index (χ3n) is 3.84. The molecule has 0 aromatic carbocycles. The Labute approximate surface area is 118 Å². The number of esters is 1. The maximum atomic E-state index is 11.2. The number of rotatable bonds is 3. The molecule has 0 radical (unpaired) electrons. The van der Waals surface area contributed by atoms with Gasteiger partial charge in [-0.3, -0.25) is 0 Å². The van der Waals surface area contributed by atoms with Crippen molar-refractivity contribution in [2.75, 3.05) is 7.11 Å². The standard InChI is InChI=1S/C14H22O6/c1-9(15)13-12(17)10(5-6-11(16)18-2)19-14(20-13)7-3-4-8-14/h5-6,9-10,12-13,15,17H,3-4,7-8H2,1-2H3/b6-5-/t9-,10-,12+,13+/m0/s1. The molecule has 0 amide bonds. The number of hydrogen-bond donors (Lipinski definition) is 2. The van der Waals surface area contributed by atoms with E-state index in [1.165, 1.54) is 19.3 Å². The predicted molar refractivity (Wildman–Crippen MR) is 69.8 cm³/mol. The van der Waals surface area contributed by atoms with E-state index in [-0.39, 0.29) is 0 Å². The molecule has 1 saturated carbocycles. The number of hydrogen-bond acceptors (Lipinski definition) is 6. The first-order valence-corrected chi connectivity index (χ1v) is 6.95. The number of ether oxygens (including phenoxy) is 3. The van der Waals surface area contributed by atoms with Crippen LogP contribution in [0, 0.1) is 0 Å². The lowest BCUT2D eigenvalue weighted by Crippen LogP contribution is -2.58. The van der Waals surface area contributed by atoms with Gasteiger partial charge in [0.1, 0.15) is 18.3 Å². The largest absolute Gasteiger partial charge is 0.466 e. The van der Waals surface area contributed by atoms with Gasteiger partial charge in [-0.15, -0.1) is 0 Å². The van der Waals surface area contributed by atoms with Crippen LogP contribution < -0.4 is 0 Å². The summed E-state index contributed by atoms with van der Waals surface area (Å²) in [6.45, 7) is 1.57. The summed E-state index contributed by atoms with van der Waals surface area (Å²) < 4.78 is 16.2. The van der Waals surface area contributed by atoms with Crippen molar-refractivity contribution in [1.29, 1.82) is 0 Å². The molecule has 2 N–H and O–H groups in total. The van der Waals surface area contributed by atoms with E-state index in [0.717, 1.165) is 25.7 Å². The van der Waals surface area contributed by atoms with Crippen LogP contribution in [0.5, 0.6) is 0 Å². The Hall–Kier alpha value is -0.950. The van der Waals surface area contributed by atoms with Crippen molar-refractivity contribution in [2.24, 2.45) is 0 Å². The van der Waals surface area contributed by atoms with Gasteiger partial charge in [0.15, 0.2) is 5.79 Å². The van der Waals surface area contributed by atoms with Crippen LogP contribution in [0.2, 0.25) is 0 Å². The molecule has 2 rings (SSSR count). The summed E-state index contributed by atoms with van der Waals surface area (Å²) in [5.41, 5.74) is 0. The fourth-order valence-corrected chi connectivity index (χ4v) is 2.78. The zero-order valence-electron chi connectivity index (χ0n) is 11.8. The molecule has 4 atom stereocenters. The quantitative estimate of drug-likeness (QED) is 0.581. The first-order valence-electron chi connectivity index (χ1n) is 6.95. The highest BCUT2D eigenvalue weighted by atomic mass is 16.7. The second-order valence-corrected chi connectivity index (χ2v) is 5.40. The average Bonchev–Trinajstić information content (AvgIpc) is 2.87. The van der Waals surface area contributed by atoms with E-state index in [1.54, 1.807) is 6.92 Å². The lowest BCUT2D eigenvalue weighted by molar-refractivity contribution is -0.346. The Morgan fingerprint density at radius 3 is 2.60 bits per heavy atom. The van der Waals surface area contributed by atoms with Crippen LogP contribution in [-0.4, -0.2) is 53.5 Å². The van der Waals surface area contributed by atoms with Crippen LogP contribution in [0.25, 0.3) is 0 Å². The highest BCUT2D eigenvalue weighted by Gasteiger charge is 2.49. The zero-order chi connectivity index (χ0) is 14.8. The van der Waals surface area contributed by atoms with Crippen molar-refractivity contribution in [2.45, 2.75) is 62.8 Å². The van der Waals surface area contributed by atoms with Crippen molar-refractivity contribution in [3.63, 3.8) is 0 Å². The normalized spacial score (nSPS) is 34.5. The van der Waals surface area contributed by atoms with Gasteiger partial charge in [-0.2, -0.15) is 0 Å². The molecule has 1 saturated heterocycles. The van der Waals surface area contributed by atoms with Crippen LogP contribution in [0.15, 0.2) is 12.2 Å². The molecule has 1 aliphatic heterocycles. The fraction of sp³-hybridized carbons (Fsp3) is 0.786. The summed E-state index contributed by atoms with van der Waals surface area (Å²) in [5.74, 6) is -1.27. The smallest absolute Gasteiger partial charge is 0.330 e. The van der Waals surface area contributed by atoms with E-state index in [1.807, 2.05) is 0 Å². The second-order valence-electron chi connectivity index (χ2n) is 5.40. The molecule has 0 unspecified atom stereocenters. The van der Waals surface area contributed by atoms with Gasteiger partial charge in [-0.05, 0) is 25.8 Å². The summed E-state index contributed by atoms with van der Waals surface area (Å²) in [4.78, 5) is 11.2. The van der Waals surface area contributed by atoms with E-state index in [9.17, 15) is 15.0 Å². The monoisotopic (exact) mass is 286 g/mol. The molecule has 1 heterocycles. The lowest BCUT2D eigenvalue weighted by atomic mass is 9.99. The van der Waals surface area contributed by atoms with Crippen molar-refractivity contribution < 1.29 is 29.2 Å². The third-order valence-corrected chi connectivity index (χ3v) is 3.84. The highest BCUT2D eigenvalue weighted by Crippen LogP contribution is 2.41. The van der Waals surface area contributed by atoms with Crippen LogP contribution >= 0.6 is 0 Å². The number of methoxy groups -OCH3 is 1. The molecule has 0 aromatic rings. The Kier molecular flexibility index (Phi) is 4.80. The summed E-state index contributed by atoms with van der Waals surface area (Å²) >= 11 is 0. The van der Waals surface area contributed by atoms with Crippen LogP contribution in [0.3, 0.4) is 0 Å². The minimum atomic E-state index is -1.03. The molecule has 20 heavy (non-hydrogen) atoms. The molecule has 2 fully saturated rings. The van der Waals surface area contributed by atoms with E-state index < -0.39 is 36.2 Å². The summed E-state index contributed by atoms with van der Waals surface area (Å²) in [7, 11) is 1.28. The topological polar surface area (TPSA) is 85.2 Å². The third kappa shape index (κ3) is 3.20. The van der Waals surface area contributed by atoms with Gasteiger partial charge in [0, 0.05) is 18.9 Å². The van der Waals surface area contributed by atoms with Crippen LogP contribution in [0.1, 0.15) is 32.6 Å². The SMILES string of the molecule is COC(=O)/C=C\[C@@H]1OC2(CCCC2)O[C@H]([C@H](C)O)[C@@H]1O. The van der Waals surface area contributed by atoms with Gasteiger partial charge >= 0.3 is 5.97 Å². The minimum Gasteiger partial charge on any atom is -0.466 e. The Morgan fingerprint density at radius 2 is 2.05 bits per heavy atom. The second kappa shape index (κ2) is 6.22. The molecule has 6 heteroatoms. The van der Waals surface area contributed by atoms with Crippen molar-refractivity contribution in [1.82, 2.24) is 0 Å². The lowest BCUT2D eigenvalue weighted by Gasteiger charge is -2.45. The van der Waals surface area contributed by atoms with Gasteiger partial charge in [-0.1, -0.05) is 0 Å². The summed E-state index contributed by atoms with van der Waals surface area (Å²) in [5, 5.41) is 20.0. The summed E-state index contributed by atoms with van der Waals surface area (Å²) in [6, 6.07) is 0. The Balaban J connectivity index is 2.16. The molecule has 2 aliphatic rings. The predicted octanol–water partition coefficient (Wildman–Crippen LogP) is 0.512. The van der Waals surface area contributed by atoms with Crippen molar-refractivity contribution >= 4 is 5.97 Å². The average molecular weight is 286 g/mol. The molecular weight excluding hydrogens is 264 g/mol. The number of aliphatic hydroxyl groups excluding tert-OH is 2. The van der Waals surface area contributed by atoms with E-state index in [4.69, 9.17) is 9.47 Å². The number of aliphatic hydroxyl groups is 2. The number of carbonyl (C=O) groups excluding carboxylic acids is 1. The summed E-state index contributed by atoms with van der Waals surface area (Å²) in [6.07, 6.45) is 2.84. The van der Waals surface area contributed by atoms with Crippen LogP contribution in [0.4, 0.5) is 0 Å². The van der Waals surface area contributed by atoms with Gasteiger partial charge < -0.3 is 24.4 Å². The van der Waals surface area contributed by atoms with E-state index >= 15 is 0 Å². The molecular formula is C14H22O6. The maximum Gasteiger partial charge on any atom is 0.330 e. The minimum absolute atomic E-state index is 0.513. The fourth-order valence-electron chi connectivity index (χ4n) is 2.78. The molecule has 1 aliphatic carbocycles. The van der Waals surface area contributed by atoms with Gasteiger partial charge in [0.05, 0.1) is 13.2 Å². The molecule has 114 valence electrons. The Morgan fingerprint density at radius 1 is 1.40 bits per heavy atom. The molecule has 1 spiro atoms. The Bertz CT molecular complexity index is 372. The highest BCUT2D eigenvalue weighted by molar-refractivity contribution is 5.81. The molecule has 0 aromatic heterocycles. The number of carbonyl (C=O) groups is 1. The van der Waals surface area contributed by atoms with Gasteiger partial charge in [0.25, 0.3) is 0 Å². The van der Waals surface area contributed by atoms with Gasteiger partial charge in [0.2, 0.25) is 0 Å². The first-order chi connectivity index (χ1) is 9.47. The first kappa shape index (κ1) is 15.4. The van der Waals surface area contributed by atoms with Crippen LogP contribution in [-0.2, 0) is 19.0 Å². The van der Waals surface area contributed by atoms with E-state index in [2.05, 4.69) is 4.74 Å². The van der Waals surface area contributed by atoms with E-state index in [0.29, 0.717) is 0 Å². The van der Waals surface area contributed by atoms with Crippen molar-refractivity contribution in [3.05, 3.63) is 12.2 Å². The van der Waals surface area contributed by atoms with Gasteiger partial charge in [-0.25, -0.2) is 4.79 Å². The van der Waals surface area contributed by atoms with Crippen molar-refractivity contribution in [3.8, 4) is 0 Å². The maximum absolute atomic E-state index is 11.2. The molecule has 6 nitrogen and oxygen atoms in total.